The highest BCUT2D eigenvalue weighted by Crippen LogP contribution is 2.27. The van der Waals surface area contributed by atoms with E-state index in [1.165, 1.54) is 25.0 Å². The molecule has 1 aromatic heterocycles. The number of amides is 1. The molecule has 1 heterocycles. The summed E-state index contributed by atoms with van der Waals surface area (Å²) in [5.41, 5.74) is 0.887. The molecule has 1 aromatic carbocycles. The highest BCUT2D eigenvalue weighted by Gasteiger charge is 2.21. The number of nitrogens with one attached hydrogen (secondary N) is 1. The molecule has 1 N–H and O–H groups in total. The Balaban J connectivity index is 1.71. The summed E-state index contributed by atoms with van der Waals surface area (Å²) in [6, 6.07) is 6.43. The van der Waals surface area contributed by atoms with E-state index < -0.39 is 0 Å². The Morgan fingerprint density at radius 3 is 3.00 bits per heavy atom. The van der Waals surface area contributed by atoms with Crippen LogP contribution in [-0.2, 0) is 11.3 Å². The van der Waals surface area contributed by atoms with Crippen molar-refractivity contribution in [2.24, 2.45) is 5.92 Å². The quantitative estimate of drug-likeness (QED) is 0.882. The van der Waals surface area contributed by atoms with Crippen LogP contribution in [0.4, 0.5) is 4.39 Å². The van der Waals surface area contributed by atoms with Crippen LogP contribution in [0.5, 0.6) is 0 Å². The van der Waals surface area contributed by atoms with Crippen LogP contribution in [0.3, 0.4) is 0 Å². The van der Waals surface area contributed by atoms with Gasteiger partial charge in [0.1, 0.15) is 12.4 Å². The minimum atomic E-state index is -0.251. The number of hydrogen-bond acceptors (Lipinski definition) is 1. The second-order valence-electron chi connectivity index (χ2n) is 4.89. The normalized spacial score (nSPS) is 14.9. The predicted octanol–water partition coefficient (Wildman–Crippen LogP) is 2.31. The number of carbonyl (C=O) groups excluding carboxylic acids is 1. The molecule has 3 nitrogen and oxygen atoms in total. The number of nitrogens with zero attached hydrogens (tertiary/aromatic N) is 1. The number of aromatic nitrogens is 1. The van der Waals surface area contributed by atoms with Crippen molar-refractivity contribution in [3.05, 3.63) is 36.3 Å². The third-order valence-electron chi connectivity index (χ3n) is 3.33. The smallest absolute Gasteiger partial charge is 0.239 e. The van der Waals surface area contributed by atoms with Crippen molar-refractivity contribution in [3.8, 4) is 0 Å². The first-order valence-electron chi connectivity index (χ1n) is 6.23. The van der Waals surface area contributed by atoms with Gasteiger partial charge in [-0.2, -0.15) is 0 Å². The maximum atomic E-state index is 13.0. The van der Waals surface area contributed by atoms with Gasteiger partial charge in [0.25, 0.3) is 0 Å². The van der Waals surface area contributed by atoms with E-state index in [0.29, 0.717) is 12.5 Å². The van der Waals surface area contributed by atoms with Gasteiger partial charge in [0.05, 0.1) is 0 Å². The van der Waals surface area contributed by atoms with Gasteiger partial charge in [0, 0.05) is 23.6 Å². The SMILES string of the molecule is O=C(Cn1ccc2cc(F)ccc21)NCC1CC1. The highest BCUT2D eigenvalue weighted by atomic mass is 19.1. The molecule has 3 rings (SSSR count). The zero-order valence-electron chi connectivity index (χ0n) is 10.0. The lowest BCUT2D eigenvalue weighted by atomic mass is 10.2. The molecule has 1 aliphatic carbocycles. The van der Waals surface area contributed by atoms with Crippen LogP contribution in [0.2, 0.25) is 0 Å². The van der Waals surface area contributed by atoms with Gasteiger partial charge < -0.3 is 9.88 Å². The molecular weight excluding hydrogens is 231 g/mol. The molecule has 1 amide bonds. The van der Waals surface area contributed by atoms with E-state index in [1.807, 2.05) is 16.8 Å². The third-order valence-corrected chi connectivity index (χ3v) is 3.33. The zero-order chi connectivity index (χ0) is 12.5. The molecule has 1 saturated carbocycles. The molecule has 0 saturated heterocycles. The molecule has 1 fully saturated rings. The number of hydrogen-bond donors (Lipinski definition) is 1. The molecule has 0 unspecified atom stereocenters. The Kier molecular flexibility index (Phi) is 2.78. The van der Waals surface area contributed by atoms with Crippen LogP contribution in [0.15, 0.2) is 30.5 Å². The van der Waals surface area contributed by atoms with Crippen LogP contribution in [0.25, 0.3) is 10.9 Å². The van der Waals surface area contributed by atoms with Crippen molar-refractivity contribution in [3.63, 3.8) is 0 Å². The molecule has 0 atom stereocenters. The fourth-order valence-corrected chi connectivity index (χ4v) is 2.10. The summed E-state index contributed by atoms with van der Waals surface area (Å²) in [7, 11) is 0. The molecule has 2 aromatic rings. The maximum absolute atomic E-state index is 13.0. The molecule has 4 heteroatoms. The fraction of sp³-hybridized carbons (Fsp3) is 0.357. The van der Waals surface area contributed by atoms with Crippen molar-refractivity contribution >= 4 is 16.8 Å². The second-order valence-corrected chi connectivity index (χ2v) is 4.89. The first kappa shape index (κ1) is 11.3. The Hall–Kier alpha value is -1.84. The Morgan fingerprint density at radius 2 is 2.22 bits per heavy atom. The Labute approximate surface area is 105 Å². The van der Waals surface area contributed by atoms with E-state index in [9.17, 15) is 9.18 Å². The van der Waals surface area contributed by atoms with E-state index in [2.05, 4.69) is 5.32 Å². The molecule has 1 aliphatic rings. The number of fused-ring (bicyclic) bond motifs is 1. The molecule has 0 aliphatic heterocycles. The van der Waals surface area contributed by atoms with Crippen molar-refractivity contribution in [2.45, 2.75) is 19.4 Å². The largest absolute Gasteiger partial charge is 0.354 e. The van der Waals surface area contributed by atoms with E-state index in [1.54, 1.807) is 6.07 Å². The molecular formula is C14H15FN2O. The third kappa shape index (κ3) is 2.37. The van der Waals surface area contributed by atoms with Crippen LogP contribution in [-0.4, -0.2) is 17.0 Å². The summed E-state index contributed by atoms with van der Waals surface area (Å²) in [5, 5.41) is 3.75. The standard InChI is InChI=1S/C14H15FN2O/c15-12-3-4-13-11(7-12)5-6-17(13)9-14(18)16-8-10-1-2-10/h3-7,10H,1-2,8-9H2,(H,16,18). The van der Waals surface area contributed by atoms with Gasteiger partial charge in [-0.1, -0.05) is 0 Å². The van der Waals surface area contributed by atoms with Crippen molar-refractivity contribution in [1.29, 1.82) is 0 Å². The molecule has 0 bridgehead atoms. The number of benzene rings is 1. The predicted molar refractivity (Wildman–Crippen MR) is 67.6 cm³/mol. The second kappa shape index (κ2) is 4.44. The summed E-state index contributed by atoms with van der Waals surface area (Å²) in [6.45, 7) is 1.08. The summed E-state index contributed by atoms with van der Waals surface area (Å²) in [6.07, 6.45) is 4.28. The lowest BCUT2D eigenvalue weighted by molar-refractivity contribution is -0.121. The van der Waals surface area contributed by atoms with Crippen LogP contribution >= 0.6 is 0 Å². The van der Waals surface area contributed by atoms with Gasteiger partial charge in [0.2, 0.25) is 5.91 Å². The van der Waals surface area contributed by atoms with Crippen molar-refractivity contribution < 1.29 is 9.18 Å². The van der Waals surface area contributed by atoms with Crippen LogP contribution in [0.1, 0.15) is 12.8 Å². The molecule has 94 valence electrons. The highest BCUT2D eigenvalue weighted by molar-refractivity contribution is 5.83. The van der Waals surface area contributed by atoms with Crippen LogP contribution < -0.4 is 5.32 Å². The summed E-state index contributed by atoms with van der Waals surface area (Å²) in [4.78, 5) is 11.7. The fourth-order valence-electron chi connectivity index (χ4n) is 2.10. The first-order chi connectivity index (χ1) is 8.72. The molecule has 0 radical (unpaired) electrons. The Bertz CT molecular complexity index is 586. The van der Waals surface area contributed by atoms with Crippen molar-refractivity contribution in [1.82, 2.24) is 9.88 Å². The number of rotatable bonds is 4. The van der Waals surface area contributed by atoms with Gasteiger partial charge in [-0.25, -0.2) is 4.39 Å². The summed E-state index contributed by atoms with van der Waals surface area (Å²) in [5.74, 6) is 0.451. The Morgan fingerprint density at radius 1 is 1.39 bits per heavy atom. The topological polar surface area (TPSA) is 34.0 Å². The first-order valence-corrected chi connectivity index (χ1v) is 6.23. The van der Waals surface area contributed by atoms with E-state index in [4.69, 9.17) is 0 Å². The van der Waals surface area contributed by atoms with Gasteiger partial charge in [-0.3, -0.25) is 4.79 Å². The lowest BCUT2D eigenvalue weighted by Gasteiger charge is -2.06. The van der Waals surface area contributed by atoms with Gasteiger partial charge in [0.15, 0.2) is 0 Å². The minimum absolute atomic E-state index is 0.0173. The van der Waals surface area contributed by atoms with E-state index in [-0.39, 0.29) is 11.7 Å². The van der Waals surface area contributed by atoms with E-state index in [0.717, 1.165) is 17.4 Å². The van der Waals surface area contributed by atoms with E-state index >= 15 is 0 Å². The molecule has 18 heavy (non-hydrogen) atoms. The maximum Gasteiger partial charge on any atom is 0.239 e. The monoisotopic (exact) mass is 246 g/mol. The minimum Gasteiger partial charge on any atom is -0.354 e. The summed E-state index contributed by atoms with van der Waals surface area (Å²) >= 11 is 0. The summed E-state index contributed by atoms with van der Waals surface area (Å²) < 4.78 is 14.9. The van der Waals surface area contributed by atoms with Gasteiger partial charge in [-0.05, 0) is 43.0 Å². The lowest BCUT2D eigenvalue weighted by Crippen LogP contribution is -2.29. The average molecular weight is 246 g/mol. The number of halogens is 1. The van der Waals surface area contributed by atoms with Gasteiger partial charge in [-0.15, -0.1) is 0 Å². The molecule has 0 spiro atoms. The number of carbonyl (C=O) groups is 1. The van der Waals surface area contributed by atoms with Crippen molar-refractivity contribution in [2.75, 3.05) is 6.54 Å². The zero-order valence-corrected chi connectivity index (χ0v) is 10.0. The average Bonchev–Trinajstić information content (AvgIpc) is 3.10. The van der Waals surface area contributed by atoms with Crippen LogP contribution in [0, 0.1) is 11.7 Å². The van der Waals surface area contributed by atoms with Gasteiger partial charge >= 0.3 is 0 Å².